The van der Waals surface area contributed by atoms with Crippen LogP contribution in [0.3, 0.4) is 0 Å². The van der Waals surface area contributed by atoms with Gasteiger partial charge in [0.2, 0.25) is 0 Å². The Balaban J connectivity index is 2.31. The zero-order valence-electron chi connectivity index (χ0n) is 11.8. The number of aromatic amines is 1. The van der Waals surface area contributed by atoms with E-state index in [0.29, 0.717) is 0 Å². The van der Waals surface area contributed by atoms with Gasteiger partial charge in [-0.05, 0) is 12.1 Å². The van der Waals surface area contributed by atoms with E-state index in [1.54, 1.807) is 0 Å². The number of nitrogens with two attached hydrogens (primary N) is 1. The van der Waals surface area contributed by atoms with Crippen LogP contribution in [0.15, 0.2) is 24.4 Å². The van der Waals surface area contributed by atoms with E-state index in [4.69, 9.17) is 17.3 Å². The van der Waals surface area contributed by atoms with Crippen molar-refractivity contribution in [2.45, 2.75) is 0 Å². The summed E-state index contributed by atoms with van der Waals surface area (Å²) in [6.45, 7) is 0. The lowest BCUT2D eigenvalue weighted by Gasteiger charge is -2.10. The zero-order chi connectivity index (χ0) is 16.7. The first-order chi connectivity index (χ1) is 11.0. The van der Waals surface area contributed by atoms with Crippen molar-refractivity contribution in [3.8, 4) is 11.3 Å². The van der Waals surface area contributed by atoms with Gasteiger partial charge in [0, 0.05) is 11.6 Å². The van der Waals surface area contributed by atoms with Crippen molar-refractivity contribution in [2.75, 3.05) is 12.8 Å². The number of H-pyrrole nitrogens is 1. The molecule has 23 heavy (non-hydrogen) atoms. The van der Waals surface area contributed by atoms with Gasteiger partial charge in [-0.2, -0.15) is 0 Å². The maximum absolute atomic E-state index is 14.7. The lowest BCUT2D eigenvalue weighted by molar-refractivity contribution is 0.0594. The molecule has 8 heteroatoms. The maximum Gasteiger partial charge on any atom is 0.356 e. The summed E-state index contributed by atoms with van der Waals surface area (Å²) >= 11 is 5.88. The van der Waals surface area contributed by atoms with Crippen LogP contribution in [0.25, 0.3) is 22.2 Å². The van der Waals surface area contributed by atoms with E-state index in [9.17, 15) is 13.6 Å². The predicted octanol–water partition coefficient (Wildman–Crippen LogP) is 3.53. The van der Waals surface area contributed by atoms with E-state index in [1.165, 1.54) is 31.5 Å². The number of aromatic nitrogens is 2. The number of pyridine rings is 1. The van der Waals surface area contributed by atoms with Crippen LogP contribution >= 0.6 is 11.6 Å². The van der Waals surface area contributed by atoms with Crippen molar-refractivity contribution in [3.05, 3.63) is 46.7 Å². The summed E-state index contributed by atoms with van der Waals surface area (Å²) in [7, 11) is 1.18. The van der Waals surface area contributed by atoms with Crippen LogP contribution in [-0.2, 0) is 4.74 Å². The smallest absolute Gasteiger partial charge is 0.356 e. The summed E-state index contributed by atoms with van der Waals surface area (Å²) in [5, 5.41) is 0.174. The molecule has 0 saturated carbocycles. The molecule has 5 nitrogen and oxygen atoms in total. The number of methoxy groups -OCH3 is 1. The van der Waals surface area contributed by atoms with E-state index in [-0.39, 0.29) is 33.0 Å². The second-order valence-corrected chi connectivity index (χ2v) is 5.11. The summed E-state index contributed by atoms with van der Waals surface area (Å²) in [5.41, 5.74) is 4.79. The van der Waals surface area contributed by atoms with Gasteiger partial charge in [0.15, 0.2) is 11.6 Å². The normalized spacial score (nSPS) is 11.0. The number of halogens is 3. The maximum atomic E-state index is 14.7. The fourth-order valence-corrected chi connectivity index (χ4v) is 2.57. The molecule has 2 aromatic heterocycles. The highest BCUT2D eigenvalue weighted by Crippen LogP contribution is 2.38. The average Bonchev–Trinajstić information content (AvgIpc) is 2.94. The van der Waals surface area contributed by atoms with Crippen LogP contribution in [-0.4, -0.2) is 23.0 Å². The number of fused-ring (bicyclic) bond motifs is 1. The summed E-state index contributed by atoms with van der Waals surface area (Å²) in [6.07, 6.45) is 1.31. The SMILES string of the molecule is COC(=O)c1cccc(-c2c(F)c(N)c3c(Cl)c[nH]c3c2F)n1. The van der Waals surface area contributed by atoms with Gasteiger partial charge in [0.05, 0.1) is 34.6 Å². The van der Waals surface area contributed by atoms with Gasteiger partial charge in [-0.3, -0.25) is 0 Å². The van der Waals surface area contributed by atoms with E-state index in [1.807, 2.05) is 0 Å². The van der Waals surface area contributed by atoms with E-state index >= 15 is 0 Å². The van der Waals surface area contributed by atoms with Crippen molar-refractivity contribution in [2.24, 2.45) is 0 Å². The highest BCUT2D eigenvalue weighted by Gasteiger charge is 2.24. The highest BCUT2D eigenvalue weighted by atomic mass is 35.5. The number of nitrogens with one attached hydrogen (secondary N) is 1. The van der Waals surface area contributed by atoms with Gasteiger partial charge in [-0.25, -0.2) is 18.6 Å². The molecule has 1 aromatic carbocycles. The van der Waals surface area contributed by atoms with Crippen LogP contribution < -0.4 is 5.73 Å². The van der Waals surface area contributed by atoms with E-state index in [2.05, 4.69) is 14.7 Å². The highest BCUT2D eigenvalue weighted by molar-refractivity contribution is 6.36. The second kappa shape index (κ2) is 5.51. The van der Waals surface area contributed by atoms with Crippen LogP contribution in [0.4, 0.5) is 14.5 Å². The van der Waals surface area contributed by atoms with E-state index < -0.39 is 23.2 Å². The van der Waals surface area contributed by atoms with Crippen molar-refractivity contribution in [3.63, 3.8) is 0 Å². The zero-order valence-corrected chi connectivity index (χ0v) is 12.5. The summed E-state index contributed by atoms with van der Waals surface area (Å²) in [5.74, 6) is -2.61. The molecule has 0 amide bonds. The minimum absolute atomic E-state index is 0.0332. The molecular formula is C15H10ClF2N3O2. The molecule has 0 aliphatic carbocycles. The van der Waals surface area contributed by atoms with Crippen LogP contribution in [0.1, 0.15) is 10.5 Å². The number of nitrogen functional groups attached to an aromatic ring is 1. The van der Waals surface area contributed by atoms with Gasteiger partial charge < -0.3 is 15.5 Å². The summed E-state index contributed by atoms with van der Waals surface area (Å²) < 4.78 is 33.8. The Kier molecular flexibility index (Phi) is 3.65. The first kappa shape index (κ1) is 15.2. The molecule has 3 N–H and O–H groups in total. The molecule has 0 spiro atoms. The standard InChI is InChI=1S/C15H10ClF2N3O2/c1-23-15(22)8-4-2-3-7(21-8)10-11(17)13(19)9-6(16)5-20-14(9)12(10)18/h2-5,20H,19H2,1H3. The Hall–Kier alpha value is -2.67. The number of nitrogens with zero attached hydrogens (tertiary/aromatic N) is 1. The number of hydrogen-bond acceptors (Lipinski definition) is 4. The Bertz CT molecular complexity index is 940. The van der Waals surface area contributed by atoms with Gasteiger partial charge in [0.1, 0.15) is 5.69 Å². The molecule has 0 atom stereocenters. The molecule has 3 aromatic rings. The Morgan fingerprint density at radius 2 is 2.09 bits per heavy atom. The molecule has 3 rings (SSSR count). The molecule has 0 bridgehead atoms. The first-order valence-electron chi connectivity index (χ1n) is 6.44. The number of carbonyl (C=O) groups excluding carboxylic acids is 1. The van der Waals surface area contributed by atoms with Gasteiger partial charge >= 0.3 is 5.97 Å². The first-order valence-corrected chi connectivity index (χ1v) is 6.82. The molecule has 0 aliphatic rings. The molecule has 0 radical (unpaired) electrons. The monoisotopic (exact) mass is 337 g/mol. The number of rotatable bonds is 2. The largest absolute Gasteiger partial charge is 0.464 e. The van der Waals surface area contributed by atoms with Crippen LogP contribution in [0.2, 0.25) is 5.02 Å². The molecule has 2 heterocycles. The molecule has 0 unspecified atom stereocenters. The third-order valence-electron chi connectivity index (χ3n) is 3.40. The van der Waals surface area contributed by atoms with Gasteiger partial charge in [-0.1, -0.05) is 17.7 Å². The van der Waals surface area contributed by atoms with Gasteiger partial charge in [0.25, 0.3) is 0 Å². The van der Waals surface area contributed by atoms with Crippen molar-refractivity contribution in [1.29, 1.82) is 0 Å². The Morgan fingerprint density at radius 3 is 2.78 bits per heavy atom. The topological polar surface area (TPSA) is 81.0 Å². The average molecular weight is 338 g/mol. The molecule has 0 saturated heterocycles. The minimum Gasteiger partial charge on any atom is -0.464 e. The minimum atomic E-state index is -0.994. The number of benzene rings is 1. The fraction of sp³-hybridized carbons (Fsp3) is 0.0667. The lowest BCUT2D eigenvalue weighted by atomic mass is 10.0. The van der Waals surface area contributed by atoms with Crippen molar-refractivity contribution < 1.29 is 18.3 Å². The van der Waals surface area contributed by atoms with Gasteiger partial charge in [-0.15, -0.1) is 0 Å². The van der Waals surface area contributed by atoms with Crippen molar-refractivity contribution >= 4 is 34.2 Å². The number of ether oxygens (including phenoxy) is 1. The summed E-state index contributed by atoms with van der Waals surface area (Å²) in [6, 6.07) is 4.18. The Morgan fingerprint density at radius 1 is 1.35 bits per heavy atom. The van der Waals surface area contributed by atoms with Crippen LogP contribution in [0, 0.1) is 11.6 Å². The lowest BCUT2D eigenvalue weighted by Crippen LogP contribution is -2.06. The number of esters is 1. The molecule has 118 valence electrons. The third-order valence-corrected chi connectivity index (χ3v) is 3.69. The number of carbonyl (C=O) groups is 1. The number of hydrogen-bond donors (Lipinski definition) is 2. The van der Waals surface area contributed by atoms with Crippen molar-refractivity contribution in [1.82, 2.24) is 9.97 Å². The molecule has 0 fully saturated rings. The van der Waals surface area contributed by atoms with E-state index in [0.717, 1.165) is 0 Å². The molecule has 0 aliphatic heterocycles. The Labute approximate surface area is 134 Å². The van der Waals surface area contributed by atoms with Crippen LogP contribution in [0.5, 0.6) is 0 Å². The third kappa shape index (κ3) is 2.29. The second-order valence-electron chi connectivity index (χ2n) is 4.70. The quantitative estimate of drug-likeness (QED) is 0.553. The fourth-order valence-electron chi connectivity index (χ4n) is 2.32. The number of anilines is 1. The molecular weight excluding hydrogens is 328 g/mol. The summed E-state index contributed by atoms with van der Waals surface area (Å²) in [4.78, 5) is 18.1. The predicted molar refractivity (Wildman–Crippen MR) is 82.2 cm³/mol.